The molecule has 0 saturated carbocycles. The Morgan fingerprint density at radius 1 is 0.517 bits per heavy atom. The van der Waals surface area contributed by atoms with Crippen LogP contribution in [0.5, 0.6) is 23.0 Å². The van der Waals surface area contributed by atoms with E-state index in [0.717, 1.165) is 16.7 Å². The molecule has 0 N–H and O–H groups in total. The molecule has 1 heterocycles. The van der Waals surface area contributed by atoms with E-state index in [1.807, 2.05) is 94.4 Å². The summed E-state index contributed by atoms with van der Waals surface area (Å²) in [6.45, 7) is 16.1. The first-order chi connectivity index (χ1) is 28.2. The van der Waals surface area contributed by atoms with Crippen molar-refractivity contribution < 1.29 is 52.2 Å². The second-order valence-electron chi connectivity index (χ2n) is 13.7. The zero-order chi connectivity index (χ0) is 41.4. The molecule has 0 bridgehead atoms. The smallest absolute Gasteiger partial charge is 0.338 e. The molecule has 12 nitrogen and oxygen atoms in total. The molecule has 5 rings (SSSR count). The van der Waals surface area contributed by atoms with E-state index in [4.69, 9.17) is 42.6 Å². The Kier molecular flexibility index (Phi) is 20.4. The van der Waals surface area contributed by atoms with Gasteiger partial charge >= 0.3 is 5.97 Å². The third-order valence-electron chi connectivity index (χ3n) is 8.54. The molecule has 0 spiro atoms. The molecule has 314 valence electrons. The van der Waals surface area contributed by atoms with Crippen molar-refractivity contribution >= 4 is 11.9 Å². The van der Waals surface area contributed by atoms with Gasteiger partial charge in [0, 0.05) is 13.5 Å². The summed E-state index contributed by atoms with van der Waals surface area (Å²) in [4.78, 5) is 25.9. The zero-order valence-electron chi connectivity index (χ0n) is 34.6. The van der Waals surface area contributed by atoms with E-state index in [1.54, 1.807) is 4.90 Å². The minimum atomic E-state index is -0.355. The minimum Gasteiger partial charge on any atom is -0.487 e. The average molecular weight is 802 g/mol. The van der Waals surface area contributed by atoms with E-state index >= 15 is 0 Å². The van der Waals surface area contributed by atoms with E-state index in [9.17, 15) is 9.59 Å². The first-order valence-corrected chi connectivity index (χ1v) is 19.8. The van der Waals surface area contributed by atoms with Crippen LogP contribution in [0.3, 0.4) is 0 Å². The van der Waals surface area contributed by atoms with Crippen molar-refractivity contribution in [2.24, 2.45) is 0 Å². The minimum absolute atomic E-state index is 0.0355. The van der Waals surface area contributed by atoms with Crippen LogP contribution in [0.1, 0.15) is 45.1 Å². The van der Waals surface area contributed by atoms with Crippen molar-refractivity contribution in [3.8, 4) is 23.0 Å². The Bertz CT molecular complexity index is 1670. The number of ether oxygens (including phenoxy) is 9. The number of nitrogens with zero attached hydrogens (tertiary/aromatic N) is 1. The number of para-hydroxylation sites is 4. The van der Waals surface area contributed by atoms with Crippen LogP contribution in [-0.4, -0.2) is 109 Å². The Morgan fingerprint density at radius 3 is 1.22 bits per heavy atom. The van der Waals surface area contributed by atoms with Crippen LogP contribution in [0.4, 0.5) is 0 Å². The lowest BCUT2D eigenvalue weighted by atomic mass is 10.1. The number of aryl methyl sites for hydroxylation is 4. The van der Waals surface area contributed by atoms with Gasteiger partial charge in [-0.1, -0.05) is 70.8 Å². The van der Waals surface area contributed by atoms with Crippen LogP contribution in [0.2, 0.25) is 0 Å². The predicted molar refractivity (Wildman–Crippen MR) is 221 cm³/mol. The molecule has 12 heteroatoms. The van der Waals surface area contributed by atoms with Crippen LogP contribution < -0.4 is 18.9 Å². The number of amides is 1. The van der Waals surface area contributed by atoms with Gasteiger partial charge in [0.15, 0.2) is 23.0 Å². The number of carbonyl (C=O) groups is 2. The normalized spacial score (nSPS) is 14.8. The number of fused-ring (bicyclic) bond motifs is 2. The van der Waals surface area contributed by atoms with Gasteiger partial charge in [-0.2, -0.15) is 0 Å². The van der Waals surface area contributed by atoms with E-state index in [0.29, 0.717) is 121 Å². The van der Waals surface area contributed by atoms with Crippen molar-refractivity contribution in [3.05, 3.63) is 118 Å². The van der Waals surface area contributed by atoms with Crippen molar-refractivity contribution in [3.63, 3.8) is 0 Å². The van der Waals surface area contributed by atoms with Crippen molar-refractivity contribution in [1.29, 1.82) is 0 Å². The first-order valence-electron chi connectivity index (χ1n) is 19.8. The molecule has 0 fully saturated rings. The lowest BCUT2D eigenvalue weighted by Crippen LogP contribution is -2.32. The number of hydrogen-bond acceptors (Lipinski definition) is 11. The zero-order valence-corrected chi connectivity index (χ0v) is 34.6. The average Bonchev–Trinajstić information content (AvgIpc) is 3.19. The maximum Gasteiger partial charge on any atom is 0.338 e. The Labute approximate surface area is 343 Å². The predicted octanol–water partition coefficient (Wildman–Crippen LogP) is 7.11. The van der Waals surface area contributed by atoms with Crippen LogP contribution in [-0.2, 0) is 35.0 Å². The number of esters is 1. The molecule has 0 atom stereocenters. The van der Waals surface area contributed by atoms with Gasteiger partial charge in [-0.3, -0.25) is 4.79 Å². The highest BCUT2D eigenvalue weighted by Crippen LogP contribution is 2.27. The van der Waals surface area contributed by atoms with Gasteiger partial charge in [-0.05, 0) is 69.7 Å². The highest BCUT2D eigenvalue weighted by atomic mass is 16.6. The lowest BCUT2D eigenvalue weighted by Gasteiger charge is -2.21. The van der Waals surface area contributed by atoms with Gasteiger partial charge in [0.2, 0.25) is 5.91 Å². The summed E-state index contributed by atoms with van der Waals surface area (Å²) in [5.74, 6) is 2.34. The molecule has 0 unspecified atom stereocenters. The van der Waals surface area contributed by atoms with Crippen molar-refractivity contribution in [2.45, 2.75) is 41.2 Å². The molecule has 4 aromatic rings. The summed E-state index contributed by atoms with van der Waals surface area (Å²) >= 11 is 0. The maximum absolute atomic E-state index is 12.2. The van der Waals surface area contributed by atoms with Gasteiger partial charge < -0.3 is 47.5 Å². The van der Waals surface area contributed by atoms with Crippen LogP contribution in [0, 0.1) is 27.7 Å². The molecule has 0 aromatic heterocycles. The molecule has 58 heavy (non-hydrogen) atoms. The third kappa shape index (κ3) is 17.6. The maximum atomic E-state index is 12.2. The van der Waals surface area contributed by atoms with E-state index in [1.165, 1.54) is 18.1 Å². The Morgan fingerprint density at radius 2 is 0.862 bits per heavy atom. The van der Waals surface area contributed by atoms with Crippen LogP contribution in [0.25, 0.3) is 0 Å². The fourth-order valence-electron chi connectivity index (χ4n) is 6.02. The molecular formula is C46H59NO11. The standard InChI is InChI=1S/C24H32O8.C22H27NO3/c1-2-6-22-21(5-1)29-17-13-25-9-10-27-15-19-31-23-7-3-4-8-24(23)32-20-16-28-12-11-26-14-18-30-22;1-15-8-16(2)11-20(10-15)14-23(19(5)24)6-7-26-22(25)21-12-17(3)9-18(4)13-21/h1-8H,9-20H2;8-13H,6-7,14H2,1-5H3. The molecular weight excluding hydrogens is 743 g/mol. The lowest BCUT2D eigenvalue weighted by molar-refractivity contribution is -0.130. The molecule has 1 amide bonds. The Balaban J connectivity index is 0.000000262. The van der Waals surface area contributed by atoms with E-state index in [-0.39, 0.29) is 18.5 Å². The summed E-state index contributed by atoms with van der Waals surface area (Å²) in [7, 11) is 0. The number of carbonyl (C=O) groups excluding carboxylic acids is 2. The van der Waals surface area contributed by atoms with E-state index < -0.39 is 0 Å². The fourth-order valence-corrected chi connectivity index (χ4v) is 6.02. The van der Waals surface area contributed by atoms with Crippen molar-refractivity contribution in [1.82, 2.24) is 4.90 Å². The van der Waals surface area contributed by atoms with Gasteiger partial charge in [-0.25, -0.2) is 4.79 Å². The number of benzene rings is 4. The Hall–Kier alpha value is -5.14. The molecule has 0 aliphatic carbocycles. The molecule has 0 radical (unpaired) electrons. The monoisotopic (exact) mass is 801 g/mol. The van der Waals surface area contributed by atoms with Crippen LogP contribution >= 0.6 is 0 Å². The number of hydrogen-bond donors (Lipinski definition) is 0. The van der Waals surface area contributed by atoms with Gasteiger partial charge in [0.1, 0.15) is 33.0 Å². The largest absolute Gasteiger partial charge is 0.487 e. The van der Waals surface area contributed by atoms with Gasteiger partial charge in [-0.15, -0.1) is 0 Å². The third-order valence-corrected chi connectivity index (χ3v) is 8.54. The highest BCUT2D eigenvalue weighted by Gasteiger charge is 2.13. The highest BCUT2D eigenvalue weighted by molar-refractivity contribution is 5.89. The number of rotatable bonds is 6. The van der Waals surface area contributed by atoms with E-state index in [2.05, 4.69) is 18.2 Å². The second kappa shape index (κ2) is 26.0. The first kappa shape index (κ1) is 45.6. The second-order valence-corrected chi connectivity index (χ2v) is 13.7. The summed E-state index contributed by atoms with van der Waals surface area (Å²) in [6, 6.07) is 27.0. The molecule has 0 saturated heterocycles. The van der Waals surface area contributed by atoms with Gasteiger partial charge in [0.25, 0.3) is 0 Å². The fraction of sp³-hybridized carbons (Fsp3) is 0.435. The summed E-state index contributed by atoms with van der Waals surface area (Å²) < 4.78 is 50.7. The molecule has 1 aliphatic heterocycles. The SMILES string of the molecule is CC(=O)N(CCOC(=O)c1cc(C)cc(C)c1)Cc1cc(C)cc(C)c1.c1ccc2c(c1)OCCOCCOCCOc1ccccc1OCCOCCOCCO2. The van der Waals surface area contributed by atoms with Crippen LogP contribution in [0.15, 0.2) is 84.9 Å². The quantitative estimate of drug-likeness (QED) is 0.186. The molecule has 4 aromatic carbocycles. The topological polar surface area (TPSA) is 120 Å². The summed E-state index contributed by atoms with van der Waals surface area (Å²) in [5, 5.41) is 0. The summed E-state index contributed by atoms with van der Waals surface area (Å²) in [5.41, 5.74) is 6.02. The summed E-state index contributed by atoms with van der Waals surface area (Å²) in [6.07, 6.45) is 0. The van der Waals surface area contributed by atoms with Crippen molar-refractivity contribution in [2.75, 3.05) is 92.4 Å². The van der Waals surface area contributed by atoms with Gasteiger partial charge in [0.05, 0.1) is 65.0 Å². The molecule has 1 aliphatic rings.